The number of para-hydroxylation sites is 1. The van der Waals surface area contributed by atoms with Gasteiger partial charge >= 0.3 is 0 Å². The van der Waals surface area contributed by atoms with Crippen LogP contribution in [0, 0.1) is 5.41 Å². The summed E-state index contributed by atoms with van der Waals surface area (Å²) in [5.74, 6) is 0. The van der Waals surface area contributed by atoms with Crippen LogP contribution < -0.4 is 10.6 Å². The molecule has 1 aromatic rings. The Morgan fingerprint density at radius 2 is 1.87 bits per heavy atom. The fourth-order valence-electron chi connectivity index (χ4n) is 2.08. The van der Waals surface area contributed by atoms with Crippen molar-refractivity contribution in [2.45, 2.75) is 19.8 Å². The second-order valence-corrected chi connectivity index (χ2v) is 4.78. The van der Waals surface area contributed by atoms with Crippen LogP contribution in [0.1, 0.15) is 19.8 Å². The fourth-order valence-corrected chi connectivity index (χ4v) is 2.08. The molecule has 1 aliphatic heterocycles. The minimum Gasteiger partial charge on any atom is -0.384 e. The Morgan fingerprint density at radius 1 is 1.20 bits per heavy atom. The van der Waals surface area contributed by atoms with E-state index in [1.165, 1.54) is 18.5 Å². The van der Waals surface area contributed by atoms with Crippen molar-refractivity contribution >= 4 is 5.69 Å². The standard InChI is InChI=1S/C13H20N2/c1-13(7-9-14-10-8-13)11-15-12-5-3-2-4-6-12/h2-6,14-15H,7-11H2,1H3. The normalized spacial score (nSPS) is 19.8. The molecule has 1 aliphatic rings. The largest absolute Gasteiger partial charge is 0.384 e. The van der Waals surface area contributed by atoms with Gasteiger partial charge in [-0.2, -0.15) is 0 Å². The quantitative estimate of drug-likeness (QED) is 0.790. The zero-order valence-electron chi connectivity index (χ0n) is 9.42. The average molecular weight is 204 g/mol. The van der Waals surface area contributed by atoms with Gasteiger partial charge in [-0.25, -0.2) is 0 Å². The fraction of sp³-hybridized carbons (Fsp3) is 0.538. The van der Waals surface area contributed by atoms with Gasteiger partial charge in [0, 0.05) is 12.2 Å². The number of rotatable bonds is 3. The van der Waals surface area contributed by atoms with E-state index in [1.807, 2.05) is 0 Å². The molecule has 0 bridgehead atoms. The van der Waals surface area contributed by atoms with Crippen LogP contribution in [0.3, 0.4) is 0 Å². The first-order chi connectivity index (χ1) is 7.29. The smallest absolute Gasteiger partial charge is 0.0340 e. The predicted octanol–water partition coefficient (Wildman–Crippen LogP) is 2.49. The first kappa shape index (κ1) is 10.5. The molecule has 0 aliphatic carbocycles. The zero-order chi connectivity index (χ0) is 10.6. The van der Waals surface area contributed by atoms with E-state index < -0.39 is 0 Å². The van der Waals surface area contributed by atoms with Crippen LogP contribution in [0.25, 0.3) is 0 Å². The minimum atomic E-state index is 0.459. The van der Waals surface area contributed by atoms with E-state index in [9.17, 15) is 0 Å². The lowest BCUT2D eigenvalue weighted by molar-refractivity contribution is 0.247. The Labute approximate surface area is 92.1 Å². The van der Waals surface area contributed by atoms with Crippen LogP contribution in [0.5, 0.6) is 0 Å². The Balaban J connectivity index is 1.87. The van der Waals surface area contributed by atoms with Gasteiger partial charge < -0.3 is 10.6 Å². The Bertz CT molecular complexity index is 289. The molecule has 1 heterocycles. The maximum absolute atomic E-state index is 3.53. The molecule has 0 spiro atoms. The molecule has 1 saturated heterocycles. The zero-order valence-corrected chi connectivity index (χ0v) is 9.42. The molecule has 2 nitrogen and oxygen atoms in total. The lowest BCUT2D eigenvalue weighted by atomic mass is 9.81. The molecular formula is C13H20N2. The van der Waals surface area contributed by atoms with Crippen LogP contribution in [-0.4, -0.2) is 19.6 Å². The number of nitrogens with one attached hydrogen (secondary N) is 2. The summed E-state index contributed by atoms with van der Waals surface area (Å²) in [5, 5.41) is 6.94. The van der Waals surface area contributed by atoms with Crippen LogP contribution in [0.4, 0.5) is 5.69 Å². The van der Waals surface area contributed by atoms with E-state index in [4.69, 9.17) is 0 Å². The second kappa shape index (κ2) is 4.67. The van der Waals surface area contributed by atoms with Gasteiger partial charge in [0.25, 0.3) is 0 Å². The van der Waals surface area contributed by atoms with Gasteiger partial charge in [-0.15, -0.1) is 0 Å². The highest BCUT2D eigenvalue weighted by molar-refractivity contribution is 5.42. The highest BCUT2D eigenvalue weighted by atomic mass is 14.9. The SMILES string of the molecule is CC1(CNc2ccccc2)CCNCC1. The van der Waals surface area contributed by atoms with Gasteiger partial charge in [-0.1, -0.05) is 25.1 Å². The molecule has 2 N–H and O–H groups in total. The third kappa shape index (κ3) is 2.96. The van der Waals surface area contributed by atoms with E-state index in [1.54, 1.807) is 0 Å². The number of hydrogen-bond donors (Lipinski definition) is 2. The van der Waals surface area contributed by atoms with E-state index in [2.05, 4.69) is 47.9 Å². The second-order valence-electron chi connectivity index (χ2n) is 4.78. The van der Waals surface area contributed by atoms with Gasteiger partial charge in [-0.05, 0) is 43.5 Å². The molecule has 1 fully saturated rings. The molecule has 0 aromatic heterocycles. The molecule has 0 radical (unpaired) electrons. The lowest BCUT2D eigenvalue weighted by Gasteiger charge is -2.34. The third-order valence-electron chi connectivity index (χ3n) is 3.30. The highest BCUT2D eigenvalue weighted by Gasteiger charge is 2.25. The van der Waals surface area contributed by atoms with Crippen LogP contribution >= 0.6 is 0 Å². The van der Waals surface area contributed by atoms with Gasteiger partial charge in [0.1, 0.15) is 0 Å². The third-order valence-corrected chi connectivity index (χ3v) is 3.30. The van der Waals surface area contributed by atoms with Crippen molar-refractivity contribution in [3.8, 4) is 0 Å². The van der Waals surface area contributed by atoms with Gasteiger partial charge in [0.05, 0.1) is 0 Å². The monoisotopic (exact) mass is 204 g/mol. The summed E-state index contributed by atoms with van der Waals surface area (Å²) in [4.78, 5) is 0. The predicted molar refractivity (Wildman–Crippen MR) is 65.1 cm³/mol. The van der Waals surface area contributed by atoms with Crippen molar-refractivity contribution in [3.05, 3.63) is 30.3 Å². The molecule has 82 valence electrons. The lowest BCUT2D eigenvalue weighted by Crippen LogP contribution is -2.39. The maximum Gasteiger partial charge on any atom is 0.0340 e. The summed E-state index contributed by atoms with van der Waals surface area (Å²) in [7, 11) is 0. The summed E-state index contributed by atoms with van der Waals surface area (Å²) >= 11 is 0. The van der Waals surface area contributed by atoms with E-state index in [0.717, 1.165) is 19.6 Å². The van der Waals surface area contributed by atoms with Crippen molar-refractivity contribution in [3.63, 3.8) is 0 Å². The van der Waals surface area contributed by atoms with Crippen molar-refractivity contribution < 1.29 is 0 Å². The molecule has 0 atom stereocenters. The van der Waals surface area contributed by atoms with Gasteiger partial charge in [0.15, 0.2) is 0 Å². The molecule has 15 heavy (non-hydrogen) atoms. The van der Waals surface area contributed by atoms with E-state index >= 15 is 0 Å². The van der Waals surface area contributed by atoms with Crippen molar-refractivity contribution in [1.29, 1.82) is 0 Å². The average Bonchev–Trinajstić information content (AvgIpc) is 2.29. The summed E-state index contributed by atoms with van der Waals surface area (Å²) in [5.41, 5.74) is 1.69. The molecule has 2 rings (SSSR count). The van der Waals surface area contributed by atoms with Gasteiger partial charge in [-0.3, -0.25) is 0 Å². The van der Waals surface area contributed by atoms with Crippen LogP contribution in [0.2, 0.25) is 0 Å². The molecule has 1 aromatic carbocycles. The topological polar surface area (TPSA) is 24.1 Å². The molecule has 0 unspecified atom stereocenters. The minimum absolute atomic E-state index is 0.459. The summed E-state index contributed by atoms with van der Waals surface area (Å²) in [6, 6.07) is 10.5. The number of hydrogen-bond acceptors (Lipinski definition) is 2. The Hall–Kier alpha value is -1.02. The first-order valence-electron chi connectivity index (χ1n) is 5.78. The number of piperidine rings is 1. The molecule has 2 heteroatoms. The summed E-state index contributed by atoms with van der Waals surface area (Å²) in [6.07, 6.45) is 2.54. The number of anilines is 1. The van der Waals surface area contributed by atoms with Crippen LogP contribution in [0.15, 0.2) is 30.3 Å². The molecule has 0 amide bonds. The Morgan fingerprint density at radius 3 is 2.53 bits per heavy atom. The van der Waals surface area contributed by atoms with Crippen molar-refractivity contribution in [2.24, 2.45) is 5.41 Å². The van der Waals surface area contributed by atoms with Crippen molar-refractivity contribution in [2.75, 3.05) is 25.0 Å². The highest BCUT2D eigenvalue weighted by Crippen LogP contribution is 2.28. The summed E-state index contributed by atoms with van der Waals surface area (Å²) in [6.45, 7) is 5.78. The summed E-state index contributed by atoms with van der Waals surface area (Å²) < 4.78 is 0. The molecular weight excluding hydrogens is 184 g/mol. The maximum atomic E-state index is 3.53. The van der Waals surface area contributed by atoms with Crippen molar-refractivity contribution in [1.82, 2.24) is 5.32 Å². The molecule has 0 saturated carbocycles. The van der Waals surface area contributed by atoms with E-state index in [-0.39, 0.29) is 0 Å². The van der Waals surface area contributed by atoms with Crippen LogP contribution in [-0.2, 0) is 0 Å². The van der Waals surface area contributed by atoms with Gasteiger partial charge in [0.2, 0.25) is 0 Å². The number of benzene rings is 1. The first-order valence-corrected chi connectivity index (χ1v) is 5.78. The Kier molecular flexibility index (Phi) is 3.27. The van der Waals surface area contributed by atoms with E-state index in [0.29, 0.717) is 5.41 Å².